The van der Waals surface area contributed by atoms with Crippen LogP contribution in [0.25, 0.3) is 0 Å². The Morgan fingerprint density at radius 2 is 2.38 bits per heavy atom. The second-order valence-electron chi connectivity index (χ2n) is 5.62. The zero-order chi connectivity index (χ0) is 15.1. The molecule has 1 fully saturated rings. The lowest BCUT2D eigenvalue weighted by Crippen LogP contribution is -2.32. The van der Waals surface area contributed by atoms with Gasteiger partial charge in [0.25, 0.3) is 0 Å². The van der Waals surface area contributed by atoms with Gasteiger partial charge in [-0.05, 0) is 65.9 Å². The fraction of sp³-hybridized carbons (Fsp3) is 0.625. The van der Waals surface area contributed by atoms with Crippen molar-refractivity contribution in [2.45, 2.75) is 25.9 Å². The van der Waals surface area contributed by atoms with Crippen LogP contribution in [0.3, 0.4) is 0 Å². The molecule has 0 bridgehead atoms. The lowest BCUT2D eigenvalue weighted by molar-refractivity contribution is 0.105. The smallest absolute Gasteiger partial charge is 0.133 e. The Balaban J connectivity index is 1.59. The minimum absolute atomic E-state index is 0.293. The van der Waals surface area contributed by atoms with Crippen LogP contribution < -0.4 is 10.1 Å². The second kappa shape index (κ2) is 8.73. The molecule has 0 saturated carbocycles. The van der Waals surface area contributed by atoms with E-state index in [0.29, 0.717) is 19.1 Å². The summed E-state index contributed by atoms with van der Waals surface area (Å²) in [5.74, 6) is 1.44. The Morgan fingerprint density at radius 3 is 3.10 bits per heavy atom. The van der Waals surface area contributed by atoms with Gasteiger partial charge in [0, 0.05) is 19.8 Å². The van der Waals surface area contributed by atoms with Crippen LogP contribution in [0.15, 0.2) is 22.7 Å². The Labute approximate surface area is 135 Å². The van der Waals surface area contributed by atoms with Crippen LogP contribution >= 0.6 is 15.9 Å². The van der Waals surface area contributed by atoms with Crippen LogP contribution in [-0.4, -0.2) is 44.1 Å². The summed E-state index contributed by atoms with van der Waals surface area (Å²) in [7, 11) is 0. The predicted molar refractivity (Wildman–Crippen MR) is 86.8 cm³/mol. The lowest BCUT2D eigenvalue weighted by atomic mass is 10.1. The first kappa shape index (κ1) is 16.7. The standard InChI is InChI=1S/C16H24BrNO3/c1-12-2-3-16(15(17)8-12)21-11-14(19)9-18-6-4-13-5-7-20-10-13/h2-3,8,13-14,18-19H,4-7,9-11H2,1H3. The van der Waals surface area contributed by atoms with Crippen molar-refractivity contribution < 1.29 is 14.6 Å². The maximum Gasteiger partial charge on any atom is 0.133 e. The molecule has 118 valence electrons. The second-order valence-corrected chi connectivity index (χ2v) is 6.48. The molecule has 1 saturated heterocycles. The van der Waals surface area contributed by atoms with E-state index in [1.165, 1.54) is 5.56 Å². The molecular formula is C16H24BrNO3. The monoisotopic (exact) mass is 357 g/mol. The Bertz CT molecular complexity index is 436. The molecule has 0 aromatic heterocycles. The summed E-state index contributed by atoms with van der Waals surface area (Å²) in [6.45, 7) is 5.57. The molecule has 2 rings (SSSR count). The number of hydrogen-bond acceptors (Lipinski definition) is 4. The first-order valence-electron chi connectivity index (χ1n) is 7.50. The average Bonchev–Trinajstić information content (AvgIpc) is 2.96. The third kappa shape index (κ3) is 5.94. The fourth-order valence-electron chi connectivity index (χ4n) is 2.35. The van der Waals surface area contributed by atoms with E-state index in [2.05, 4.69) is 21.2 Å². The van der Waals surface area contributed by atoms with Gasteiger partial charge in [-0.1, -0.05) is 6.07 Å². The van der Waals surface area contributed by atoms with E-state index in [1.54, 1.807) is 0 Å². The topological polar surface area (TPSA) is 50.7 Å². The third-order valence-corrected chi connectivity index (χ3v) is 4.27. The number of aryl methyl sites for hydroxylation is 1. The highest BCUT2D eigenvalue weighted by Crippen LogP contribution is 2.25. The summed E-state index contributed by atoms with van der Waals surface area (Å²) >= 11 is 3.46. The molecule has 1 aromatic carbocycles. The third-order valence-electron chi connectivity index (χ3n) is 3.65. The maximum absolute atomic E-state index is 9.92. The highest BCUT2D eigenvalue weighted by atomic mass is 79.9. The Kier molecular flexibility index (Phi) is 6.96. The minimum atomic E-state index is -0.502. The molecule has 1 aliphatic rings. The van der Waals surface area contributed by atoms with Crippen molar-refractivity contribution in [1.82, 2.24) is 5.32 Å². The normalized spacial score (nSPS) is 19.7. The Morgan fingerprint density at radius 1 is 1.52 bits per heavy atom. The molecule has 2 unspecified atom stereocenters. The van der Waals surface area contributed by atoms with Gasteiger partial charge in [0.2, 0.25) is 0 Å². The van der Waals surface area contributed by atoms with Gasteiger partial charge in [-0.3, -0.25) is 0 Å². The van der Waals surface area contributed by atoms with Crippen LogP contribution in [0.1, 0.15) is 18.4 Å². The summed E-state index contributed by atoms with van der Waals surface area (Å²) in [5.41, 5.74) is 1.17. The van der Waals surface area contributed by atoms with Crippen LogP contribution in [0.5, 0.6) is 5.75 Å². The zero-order valence-electron chi connectivity index (χ0n) is 12.5. The molecule has 21 heavy (non-hydrogen) atoms. The quantitative estimate of drug-likeness (QED) is 0.702. The average molecular weight is 358 g/mol. The summed E-state index contributed by atoms with van der Waals surface area (Å²) in [4.78, 5) is 0. The van der Waals surface area contributed by atoms with Gasteiger partial charge in [0.05, 0.1) is 4.47 Å². The summed E-state index contributed by atoms with van der Waals surface area (Å²) < 4.78 is 11.9. The van der Waals surface area contributed by atoms with E-state index in [1.807, 2.05) is 25.1 Å². The molecule has 0 aliphatic carbocycles. The van der Waals surface area contributed by atoms with Crippen molar-refractivity contribution in [2.75, 3.05) is 32.9 Å². The Hall–Kier alpha value is -0.620. The van der Waals surface area contributed by atoms with E-state index in [4.69, 9.17) is 9.47 Å². The van der Waals surface area contributed by atoms with Crippen LogP contribution in [0, 0.1) is 12.8 Å². The van der Waals surface area contributed by atoms with Gasteiger partial charge in [-0.2, -0.15) is 0 Å². The van der Waals surface area contributed by atoms with E-state index in [9.17, 15) is 5.11 Å². The SMILES string of the molecule is Cc1ccc(OCC(O)CNCCC2CCOC2)c(Br)c1. The maximum atomic E-state index is 9.92. The number of benzene rings is 1. The van der Waals surface area contributed by atoms with Gasteiger partial charge in [0.15, 0.2) is 0 Å². The number of aliphatic hydroxyl groups excluding tert-OH is 1. The molecule has 1 aromatic rings. The molecule has 5 heteroatoms. The van der Waals surface area contributed by atoms with Gasteiger partial charge < -0.3 is 19.9 Å². The molecule has 0 radical (unpaired) electrons. The van der Waals surface area contributed by atoms with Crippen molar-refractivity contribution in [3.8, 4) is 5.75 Å². The highest BCUT2D eigenvalue weighted by molar-refractivity contribution is 9.10. The van der Waals surface area contributed by atoms with Gasteiger partial charge >= 0.3 is 0 Å². The molecule has 0 amide bonds. The largest absolute Gasteiger partial charge is 0.490 e. The van der Waals surface area contributed by atoms with Gasteiger partial charge in [-0.15, -0.1) is 0 Å². The van der Waals surface area contributed by atoms with E-state index >= 15 is 0 Å². The number of nitrogens with one attached hydrogen (secondary N) is 1. The number of hydrogen-bond donors (Lipinski definition) is 2. The van der Waals surface area contributed by atoms with Crippen LogP contribution in [0.4, 0.5) is 0 Å². The summed E-state index contributed by atoms with van der Waals surface area (Å²) in [6.07, 6.45) is 1.77. The van der Waals surface area contributed by atoms with E-state index in [-0.39, 0.29) is 0 Å². The summed E-state index contributed by atoms with van der Waals surface area (Å²) in [5, 5.41) is 13.2. The lowest BCUT2D eigenvalue weighted by Gasteiger charge is -2.15. The molecule has 1 heterocycles. The molecule has 0 spiro atoms. The van der Waals surface area contributed by atoms with Gasteiger partial charge in [0.1, 0.15) is 18.5 Å². The number of ether oxygens (including phenoxy) is 2. The molecule has 1 aliphatic heterocycles. The first-order chi connectivity index (χ1) is 10.1. The van der Waals surface area contributed by atoms with E-state index in [0.717, 1.165) is 42.8 Å². The molecular weight excluding hydrogens is 334 g/mol. The van der Waals surface area contributed by atoms with E-state index < -0.39 is 6.10 Å². The summed E-state index contributed by atoms with van der Waals surface area (Å²) in [6, 6.07) is 5.91. The van der Waals surface area contributed by atoms with Gasteiger partial charge in [-0.25, -0.2) is 0 Å². The highest BCUT2D eigenvalue weighted by Gasteiger charge is 2.15. The van der Waals surface area contributed by atoms with Crippen molar-refractivity contribution >= 4 is 15.9 Å². The molecule has 2 N–H and O–H groups in total. The zero-order valence-corrected chi connectivity index (χ0v) is 14.1. The molecule has 2 atom stereocenters. The minimum Gasteiger partial charge on any atom is -0.490 e. The fourth-order valence-corrected chi connectivity index (χ4v) is 2.96. The number of aliphatic hydroxyl groups is 1. The van der Waals surface area contributed by atoms with Crippen molar-refractivity contribution in [1.29, 1.82) is 0 Å². The van der Waals surface area contributed by atoms with Crippen molar-refractivity contribution in [3.05, 3.63) is 28.2 Å². The van der Waals surface area contributed by atoms with Crippen LogP contribution in [-0.2, 0) is 4.74 Å². The van der Waals surface area contributed by atoms with Crippen LogP contribution in [0.2, 0.25) is 0 Å². The predicted octanol–water partition coefficient (Wildman–Crippen LogP) is 2.51. The number of halogens is 1. The van der Waals surface area contributed by atoms with Crippen molar-refractivity contribution in [2.24, 2.45) is 5.92 Å². The number of rotatable bonds is 8. The molecule has 4 nitrogen and oxygen atoms in total. The first-order valence-corrected chi connectivity index (χ1v) is 8.30. The van der Waals surface area contributed by atoms with Crippen molar-refractivity contribution in [3.63, 3.8) is 0 Å².